The Morgan fingerprint density at radius 2 is 2.18 bits per heavy atom. The van der Waals surface area contributed by atoms with Crippen LogP contribution in [0.4, 0.5) is 0 Å². The first-order valence-electron chi connectivity index (χ1n) is 7.91. The molecule has 0 N–H and O–H groups in total. The third-order valence-corrected chi connectivity index (χ3v) is 3.99. The van der Waals surface area contributed by atoms with Crippen molar-refractivity contribution in [2.45, 2.75) is 39.2 Å². The molecule has 6 heteroatoms. The summed E-state index contributed by atoms with van der Waals surface area (Å²) >= 11 is 0. The minimum atomic E-state index is 0.0214. The van der Waals surface area contributed by atoms with E-state index in [-0.39, 0.29) is 12.0 Å². The largest absolute Gasteiger partial charge is 0.378 e. The maximum atomic E-state index is 12.8. The van der Waals surface area contributed by atoms with Gasteiger partial charge in [-0.25, -0.2) is 9.50 Å². The van der Waals surface area contributed by atoms with Crippen molar-refractivity contribution in [2.24, 2.45) is 0 Å². The molecule has 1 aliphatic rings. The maximum Gasteiger partial charge on any atom is 0.272 e. The zero-order chi connectivity index (χ0) is 15.5. The Balaban J connectivity index is 1.73. The molecular weight excluding hydrogens is 280 g/mol. The summed E-state index contributed by atoms with van der Waals surface area (Å²) < 4.78 is 7.40. The van der Waals surface area contributed by atoms with Crippen LogP contribution in [-0.4, -0.2) is 51.2 Å². The monoisotopic (exact) mass is 302 g/mol. The number of fused-ring (bicyclic) bond motifs is 1. The molecule has 2 aromatic rings. The molecule has 0 aliphatic carbocycles. The van der Waals surface area contributed by atoms with E-state index in [1.807, 2.05) is 24.0 Å². The molecular formula is C16H22N4O2. The van der Waals surface area contributed by atoms with E-state index in [1.54, 1.807) is 10.7 Å². The van der Waals surface area contributed by atoms with Gasteiger partial charge in [0.05, 0.1) is 12.3 Å². The van der Waals surface area contributed by atoms with E-state index in [1.165, 1.54) is 0 Å². The highest BCUT2D eigenvalue weighted by Crippen LogP contribution is 2.17. The van der Waals surface area contributed by atoms with Gasteiger partial charge < -0.3 is 9.64 Å². The lowest BCUT2D eigenvalue weighted by Crippen LogP contribution is -2.41. The predicted octanol–water partition coefficient (Wildman–Crippen LogP) is 2.07. The number of nitrogens with zero attached hydrogens (tertiary/aromatic N) is 4. The van der Waals surface area contributed by atoms with Crippen molar-refractivity contribution in [2.75, 3.05) is 19.7 Å². The summed E-state index contributed by atoms with van der Waals surface area (Å²) in [5.41, 5.74) is 2.13. The Morgan fingerprint density at radius 3 is 2.91 bits per heavy atom. The molecule has 0 spiro atoms. The highest BCUT2D eigenvalue weighted by Gasteiger charge is 2.25. The number of amides is 1. The Morgan fingerprint density at radius 1 is 1.41 bits per heavy atom. The van der Waals surface area contributed by atoms with Crippen LogP contribution in [0.25, 0.3) is 5.65 Å². The number of rotatable bonds is 4. The lowest BCUT2D eigenvalue weighted by molar-refractivity contribution is 0.00877. The second-order valence-electron chi connectivity index (χ2n) is 5.75. The first-order valence-corrected chi connectivity index (χ1v) is 7.91. The summed E-state index contributed by atoms with van der Waals surface area (Å²) in [5.74, 6) is 0.0214. The number of ether oxygens (including phenoxy) is 1. The number of carbonyl (C=O) groups excluding carboxylic acids is 1. The van der Waals surface area contributed by atoms with Crippen molar-refractivity contribution in [1.29, 1.82) is 0 Å². The molecule has 118 valence electrons. The summed E-state index contributed by atoms with van der Waals surface area (Å²) in [6.45, 7) is 6.28. The number of piperidine rings is 1. The first kappa shape index (κ1) is 15.0. The fourth-order valence-corrected chi connectivity index (χ4v) is 2.86. The van der Waals surface area contributed by atoms with Gasteiger partial charge in [-0.2, -0.15) is 5.10 Å². The SMILES string of the molecule is CCCOC1CCN(C(=O)c2cc(C)nc3ccnn23)CC1. The normalized spacial score (nSPS) is 16.4. The average molecular weight is 302 g/mol. The van der Waals surface area contributed by atoms with Crippen molar-refractivity contribution in [3.8, 4) is 0 Å². The van der Waals surface area contributed by atoms with Crippen molar-refractivity contribution in [1.82, 2.24) is 19.5 Å². The topological polar surface area (TPSA) is 59.7 Å². The van der Waals surface area contributed by atoms with Crippen molar-refractivity contribution in [3.05, 3.63) is 29.7 Å². The lowest BCUT2D eigenvalue weighted by Gasteiger charge is -2.32. The van der Waals surface area contributed by atoms with Crippen LogP contribution < -0.4 is 0 Å². The standard InChI is InChI=1S/C16H22N4O2/c1-3-10-22-13-5-8-19(9-6-13)16(21)14-11-12(2)18-15-4-7-17-20(14)15/h4,7,11,13H,3,5-6,8-10H2,1-2H3. The Kier molecular flexibility index (Phi) is 4.38. The van der Waals surface area contributed by atoms with Gasteiger partial charge in [-0.05, 0) is 32.3 Å². The summed E-state index contributed by atoms with van der Waals surface area (Å²) in [7, 11) is 0. The average Bonchev–Trinajstić information content (AvgIpc) is 3.00. The number of hydrogen-bond acceptors (Lipinski definition) is 4. The van der Waals surface area contributed by atoms with E-state index in [2.05, 4.69) is 17.0 Å². The zero-order valence-electron chi connectivity index (χ0n) is 13.2. The predicted molar refractivity (Wildman–Crippen MR) is 82.9 cm³/mol. The van der Waals surface area contributed by atoms with Crippen molar-refractivity contribution >= 4 is 11.6 Å². The molecule has 1 fully saturated rings. The third-order valence-electron chi connectivity index (χ3n) is 3.99. The van der Waals surface area contributed by atoms with Gasteiger partial charge in [0.1, 0.15) is 5.69 Å². The second kappa shape index (κ2) is 6.44. The molecule has 22 heavy (non-hydrogen) atoms. The van der Waals surface area contributed by atoms with Gasteiger partial charge in [0.15, 0.2) is 5.65 Å². The van der Waals surface area contributed by atoms with Gasteiger partial charge in [0, 0.05) is 31.5 Å². The van der Waals surface area contributed by atoms with Crippen LogP contribution in [-0.2, 0) is 4.74 Å². The molecule has 0 aromatic carbocycles. The van der Waals surface area contributed by atoms with E-state index in [0.29, 0.717) is 11.3 Å². The van der Waals surface area contributed by atoms with Crippen LogP contribution >= 0.6 is 0 Å². The lowest BCUT2D eigenvalue weighted by atomic mass is 10.1. The molecule has 3 rings (SSSR count). The second-order valence-corrected chi connectivity index (χ2v) is 5.75. The van der Waals surface area contributed by atoms with Crippen LogP contribution in [0, 0.1) is 6.92 Å². The number of hydrogen-bond donors (Lipinski definition) is 0. The van der Waals surface area contributed by atoms with Gasteiger partial charge in [-0.15, -0.1) is 0 Å². The van der Waals surface area contributed by atoms with Crippen LogP contribution in [0.15, 0.2) is 18.3 Å². The van der Waals surface area contributed by atoms with Crippen molar-refractivity contribution in [3.63, 3.8) is 0 Å². The molecule has 1 saturated heterocycles. The van der Waals surface area contributed by atoms with Crippen LogP contribution in [0.3, 0.4) is 0 Å². The quantitative estimate of drug-likeness (QED) is 0.867. The van der Waals surface area contributed by atoms with Crippen molar-refractivity contribution < 1.29 is 9.53 Å². The van der Waals surface area contributed by atoms with E-state index >= 15 is 0 Å². The van der Waals surface area contributed by atoms with Gasteiger partial charge in [0.25, 0.3) is 5.91 Å². The van der Waals surface area contributed by atoms with Crippen LogP contribution in [0.2, 0.25) is 0 Å². The maximum absolute atomic E-state index is 12.8. The number of carbonyl (C=O) groups is 1. The molecule has 0 atom stereocenters. The van der Waals surface area contributed by atoms with Gasteiger partial charge in [-0.1, -0.05) is 6.92 Å². The number of likely N-dealkylation sites (tertiary alicyclic amines) is 1. The molecule has 0 bridgehead atoms. The Bertz CT molecular complexity index is 659. The van der Waals surface area contributed by atoms with E-state index < -0.39 is 0 Å². The molecule has 0 unspecified atom stereocenters. The van der Waals surface area contributed by atoms with E-state index in [4.69, 9.17) is 4.74 Å². The van der Waals surface area contributed by atoms with Crippen LogP contribution in [0.1, 0.15) is 42.4 Å². The fourth-order valence-electron chi connectivity index (χ4n) is 2.86. The highest BCUT2D eigenvalue weighted by molar-refractivity contribution is 5.93. The first-order chi connectivity index (χ1) is 10.7. The van der Waals surface area contributed by atoms with Crippen LogP contribution in [0.5, 0.6) is 0 Å². The highest BCUT2D eigenvalue weighted by atomic mass is 16.5. The smallest absolute Gasteiger partial charge is 0.272 e. The number of aryl methyl sites for hydroxylation is 1. The summed E-state index contributed by atoms with van der Waals surface area (Å²) in [6, 6.07) is 3.62. The Labute approximate surface area is 130 Å². The molecule has 0 saturated carbocycles. The minimum Gasteiger partial charge on any atom is -0.378 e. The summed E-state index contributed by atoms with van der Waals surface area (Å²) in [5, 5.41) is 4.21. The molecule has 6 nitrogen and oxygen atoms in total. The van der Waals surface area contributed by atoms with Gasteiger partial charge >= 0.3 is 0 Å². The summed E-state index contributed by atoms with van der Waals surface area (Å²) in [4.78, 5) is 19.1. The van der Waals surface area contributed by atoms with Gasteiger partial charge in [0.2, 0.25) is 0 Å². The van der Waals surface area contributed by atoms with Gasteiger partial charge in [-0.3, -0.25) is 4.79 Å². The molecule has 1 amide bonds. The number of aromatic nitrogens is 3. The molecule has 3 heterocycles. The summed E-state index contributed by atoms with van der Waals surface area (Å²) in [6.07, 6.45) is 4.79. The minimum absolute atomic E-state index is 0.0214. The van der Waals surface area contributed by atoms with E-state index in [0.717, 1.165) is 44.7 Å². The molecule has 1 aliphatic heterocycles. The zero-order valence-corrected chi connectivity index (χ0v) is 13.2. The Hall–Kier alpha value is -1.95. The molecule has 0 radical (unpaired) electrons. The third kappa shape index (κ3) is 2.97. The van der Waals surface area contributed by atoms with E-state index in [9.17, 15) is 4.79 Å². The fraction of sp³-hybridized carbons (Fsp3) is 0.562. The molecule has 2 aromatic heterocycles.